The van der Waals surface area contributed by atoms with Crippen molar-refractivity contribution in [3.63, 3.8) is 0 Å². The molecule has 18 heavy (non-hydrogen) atoms. The number of phenolic OH excluding ortho intramolecular Hbond substituents is 1. The molecule has 0 aliphatic rings. The highest BCUT2D eigenvalue weighted by atomic mass is 79.9. The zero-order chi connectivity index (χ0) is 13.4. The Hall–Kier alpha value is -0.840. The third-order valence-corrected chi connectivity index (χ3v) is 3.58. The summed E-state index contributed by atoms with van der Waals surface area (Å²) in [5.74, 6) is -1.79. The summed E-state index contributed by atoms with van der Waals surface area (Å²) in [7, 11) is 0. The molecule has 2 aromatic rings. The van der Waals surface area contributed by atoms with Gasteiger partial charge in [0, 0.05) is 11.6 Å². The fourth-order valence-corrected chi connectivity index (χ4v) is 2.25. The molecule has 2 rings (SSSR count). The first-order valence-electron chi connectivity index (χ1n) is 4.73. The third-order valence-electron chi connectivity index (χ3n) is 2.35. The van der Waals surface area contributed by atoms with Crippen LogP contribution >= 0.6 is 39.1 Å². The first-order chi connectivity index (χ1) is 8.41. The van der Waals surface area contributed by atoms with Gasteiger partial charge in [0.1, 0.15) is 17.4 Å². The lowest BCUT2D eigenvalue weighted by molar-refractivity contribution is 0.475. The molecule has 0 aliphatic carbocycles. The summed E-state index contributed by atoms with van der Waals surface area (Å²) in [6.07, 6.45) is 0. The molecular formula is C12H5BrCl2F2O. The summed E-state index contributed by atoms with van der Waals surface area (Å²) >= 11 is 14.5. The Morgan fingerprint density at radius 3 is 2.39 bits per heavy atom. The normalized spacial score (nSPS) is 10.7. The van der Waals surface area contributed by atoms with Crippen molar-refractivity contribution in [1.82, 2.24) is 0 Å². The Morgan fingerprint density at radius 2 is 1.72 bits per heavy atom. The maximum Gasteiger partial charge on any atom is 0.148 e. The Bertz CT molecular complexity index is 632. The van der Waals surface area contributed by atoms with Crippen LogP contribution in [0.4, 0.5) is 8.78 Å². The molecule has 6 heteroatoms. The molecule has 0 aliphatic heterocycles. The molecule has 0 atom stereocenters. The number of benzene rings is 2. The van der Waals surface area contributed by atoms with Crippen molar-refractivity contribution >= 4 is 39.1 Å². The highest BCUT2D eigenvalue weighted by Gasteiger charge is 2.18. The van der Waals surface area contributed by atoms with Gasteiger partial charge in [-0.3, -0.25) is 0 Å². The molecule has 0 saturated carbocycles. The van der Waals surface area contributed by atoms with E-state index in [9.17, 15) is 13.9 Å². The van der Waals surface area contributed by atoms with Gasteiger partial charge in [-0.2, -0.15) is 0 Å². The van der Waals surface area contributed by atoms with Crippen LogP contribution in [0.3, 0.4) is 0 Å². The molecule has 1 N–H and O–H groups in total. The average molecular weight is 354 g/mol. The van der Waals surface area contributed by atoms with Crippen molar-refractivity contribution in [3.05, 3.63) is 50.4 Å². The van der Waals surface area contributed by atoms with Crippen molar-refractivity contribution in [3.8, 4) is 16.9 Å². The predicted octanol–water partition coefficient (Wildman–Crippen LogP) is 5.41. The van der Waals surface area contributed by atoms with Crippen LogP contribution in [-0.4, -0.2) is 5.11 Å². The molecular weight excluding hydrogens is 349 g/mol. The lowest BCUT2D eigenvalue weighted by Gasteiger charge is -2.10. The molecule has 1 nitrogen and oxygen atoms in total. The highest BCUT2D eigenvalue weighted by molar-refractivity contribution is 9.10. The molecule has 0 fully saturated rings. The Labute approximate surface area is 120 Å². The Morgan fingerprint density at radius 1 is 1.06 bits per heavy atom. The number of hydrogen-bond donors (Lipinski definition) is 1. The first kappa shape index (κ1) is 13.6. The number of phenols is 1. The van der Waals surface area contributed by atoms with E-state index in [1.165, 1.54) is 12.1 Å². The minimum Gasteiger partial charge on any atom is -0.506 e. The molecule has 0 spiro atoms. The lowest BCUT2D eigenvalue weighted by Crippen LogP contribution is -1.92. The smallest absolute Gasteiger partial charge is 0.148 e. The van der Waals surface area contributed by atoms with Gasteiger partial charge in [0.15, 0.2) is 0 Å². The van der Waals surface area contributed by atoms with E-state index in [0.717, 1.165) is 12.1 Å². The Kier molecular flexibility index (Phi) is 3.80. The second kappa shape index (κ2) is 5.03. The van der Waals surface area contributed by atoms with Crippen LogP contribution in [0.25, 0.3) is 11.1 Å². The number of aromatic hydroxyl groups is 1. The second-order valence-corrected chi connectivity index (χ2v) is 5.17. The topological polar surface area (TPSA) is 20.2 Å². The molecule has 0 aromatic heterocycles. The van der Waals surface area contributed by atoms with Gasteiger partial charge in [-0.15, -0.1) is 0 Å². The van der Waals surface area contributed by atoms with Crippen molar-refractivity contribution in [2.45, 2.75) is 0 Å². The van der Waals surface area contributed by atoms with Crippen molar-refractivity contribution < 1.29 is 13.9 Å². The number of rotatable bonds is 1. The van der Waals surface area contributed by atoms with Crippen LogP contribution < -0.4 is 0 Å². The van der Waals surface area contributed by atoms with Crippen molar-refractivity contribution in [2.24, 2.45) is 0 Å². The summed E-state index contributed by atoms with van der Waals surface area (Å²) in [6.45, 7) is 0. The minimum absolute atomic E-state index is 0.00722. The summed E-state index contributed by atoms with van der Waals surface area (Å²) in [6, 6.07) is 4.72. The molecule has 0 unspecified atom stereocenters. The van der Waals surface area contributed by atoms with E-state index >= 15 is 0 Å². The molecule has 2 aromatic carbocycles. The zero-order valence-corrected chi connectivity index (χ0v) is 11.7. The first-order valence-corrected chi connectivity index (χ1v) is 6.28. The van der Waals surface area contributed by atoms with Gasteiger partial charge >= 0.3 is 0 Å². The maximum absolute atomic E-state index is 13.9. The summed E-state index contributed by atoms with van der Waals surface area (Å²) in [5.41, 5.74) is -0.216. The van der Waals surface area contributed by atoms with Gasteiger partial charge in [-0.05, 0) is 34.1 Å². The maximum atomic E-state index is 13.9. The van der Waals surface area contributed by atoms with E-state index < -0.39 is 11.6 Å². The van der Waals surface area contributed by atoms with E-state index in [0.29, 0.717) is 0 Å². The molecule has 0 amide bonds. The van der Waals surface area contributed by atoms with Crippen LogP contribution in [0.2, 0.25) is 10.0 Å². The van der Waals surface area contributed by atoms with Crippen LogP contribution in [0.5, 0.6) is 5.75 Å². The number of halogens is 5. The minimum atomic E-state index is -0.779. The molecule has 0 heterocycles. The average Bonchev–Trinajstić information content (AvgIpc) is 2.31. The molecule has 94 valence electrons. The third kappa shape index (κ3) is 2.32. The largest absolute Gasteiger partial charge is 0.506 e. The van der Waals surface area contributed by atoms with Crippen molar-refractivity contribution in [1.29, 1.82) is 0 Å². The lowest BCUT2D eigenvalue weighted by atomic mass is 10.0. The van der Waals surface area contributed by atoms with Crippen LogP contribution in [0.15, 0.2) is 28.7 Å². The van der Waals surface area contributed by atoms with Crippen LogP contribution in [0.1, 0.15) is 0 Å². The summed E-state index contributed by atoms with van der Waals surface area (Å²) in [5, 5.41) is 9.32. The fourth-order valence-electron chi connectivity index (χ4n) is 1.50. The predicted molar refractivity (Wildman–Crippen MR) is 71.2 cm³/mol. The van der Waals surface area contributed by atoms with E-state index in [2.05, 4.69) is 15.9 Å². The molecule has 0 bridgehead atoms. The highest BCUT2D eigenvalue weighted by Crippen LogP contribution is 2.39. The van der Waals surface area contributed by atoms with E-state index in [-0.39, 0.29) is 31.4 Å². The molecule has 0 radical (unpaired) electrons. The van der Waals surface area contributed by atoms with E-state index in [4.69, 9.17) is 23.2 Å². The number of hydrogen-bond acceptors (Lipinski definition) is 1. The van der Waals surface area contributed by atoms with E-state index in [1.807, 2.05) is 0 Å². The van der Waals surface area contributed by atoms with Crippen molar-refractivity contribution in [2.75, 3.05) is 0 Å². The molecule has 0 saturated heterocycles. The Balaban J connectivity index is 2.77. The fraction of sp³-hybridized carbons (Fsp3) is 0. The standard InChI is InChI=1S/C12H5BrCl2F2O/c13-6-1-2-9(16)11(12(6)17)5-3-8(15)10(18)4-7(5)14/h1-4,18H. The van der Waals surface area contributed by atoms with Gasteiger partial charge in [0.05, 0.1) is 20.1 Å². The quantitative estimate of drug-likeness (QED) is 0.680. The second-order valence-electron chi connectivity index (χ2n) is 3.50. The van der Waals surface area contributed by atoms with Crippen LogP contribution in [-0.2, 0) is 0 Å². The van der Waals surface area contributed by atoms with E-state index in [1.54, 1.807) is 0 Å². The van der Waals surface area contributed by atoms with Crippen LogP contribution in [0, 0.1) is 11.6 Å². The van der Waals surface area contributed by atoms with Gasteiger partial charge in [-0.25, -0.2) is 8.78 Å². The summed E-state index contributed by atoms with van der Waals surface area (Å²) < 4.78 is 27.7. The summed E-state index contributed by atoms with van der Waals surface area (Å²) in [4.78, 5) is 0. The SMILES string of the molecule is Oc1cc(Cl)c(-c2c(F)ccc(Br)c2F)cc1Cl. The van der Waals surface area contributed by atoms with Gasteiger partial charge in [0.2, 0.25) is 0 Å². The van der Waals surface area contributed by atoms with Gasteiger partial charge < -0.3 is 5.11 Å². The zero-order valence-electron chi connectivity index (χ0n) is 8.65. The monoisotopic (exact) mass is 352 g/mol. The van der Waals surface area contributed by atoms with Gasteiger partial charge in [-0.1, -0.05) is 23.2 Å². The van der Waals surface area contributed by atoms with Gasteiger partial charge in [0.25, 0.3) is 0 Å².